The van der Waals surface area contributed by atoms with Crippen LogP contribution >= 0.6 is 0 Å². The van der Waals surface area contributed by atoms with Gasteiger partial charge in [0, 0.05) is 12.8 Å². The van der Waals surface area contributed by atoms with Crippen LogP contribution < -0.4 is 4.74 Å². The summed E-state index contributed by atoms with van der Waals surface area (Å²) in [5.41, 5.74) is -0.449. The van der Waals surface area contributed by atoms with Gasteiger partial charge in [-0.05, 0) is 37.8 Å². The number of esters is 2. The number of fused-ring (bicyclic) bond motifs is 1. The van der Waals surface area contributed by atoms with E-state index in [0.717, 1.165) is 25.7 Å². The molecule has 0 radical (unpaired) electrons. The van der Waals surface area contributed by atoms with Crippen LogP contribution in [0.25, 0.3) is 0 Å². The van der Waals surface area contributed by atoms with Crippen molar-refractivity contribution >= 4 is 17.7 Å². The highest BCUT2D eigenvalue weighted by molar-refractivity contribution is 6.04. The number of hydrogen-bond acceptors (Lipinski definition) is 6. The molecule has 1 aliphatic heterocycles. The number of hydrogen-bond donors (Lipinski definition) is 0. The van der Waals surface area contributed by atoms with Gasteiger partial charge in [-0.15, -0.1) is 0 Å². The molecule has 0 aromatic heterocycles. The van der Waals surface area contributed by atoms with E-state index in [-0.39, 0.29) is 43.4 Å². The second kappa shape index (κ2) is 11.0. The molecule has 2 rings (SSSR count). The molecule has 0 aliphatic carbocycles. The fraction of sp³-hybridized carbons (Fsp3) is 0.609. The van der Waals surface area contributed by atoms with E-state index in [9.17, 15) is 14.4 Å². The van der Waals surface area contributed by atoms with Crippen LogP contribution in [0.15, 0.2) is 24.3 Å². The zero-order valence-electron chi connectivity index (χ0n) is 17.7. The van der Waals surface area contributed by atoms with Crippen molar-refractivity contribution in [1.82, 2.24) is 0 Å². The lowest BCUT2D eigenvalue weighted by Gasteiger charge is -2.43. The van der Waals surface area contributed by atoms with E-state index in [4.69, 9.17) is 14.2 Å². The summed E-state index contributed by atoms with van der Waals surface area (Å²) in [6, 6.07) is 7.19. The van der Waals surface area contributed by atoms with Gasteiger partial charge in [0.1, 0.15) is 11.9 Å². The Balaban J connectivity index is 2.37. The Morgan fingerprint density at radius 2 is 1.62 bits per heavy atom. The minimum absolute atomic E-state index is 0.0624. The number of carbonyl (C=O) groups excluding carboxylic acids is 3. The van der Waals surface area contributed by atoms with Gasteiger partial charge in [-0.2, -0.15) is 0 Å². The van der Waals surface area contributed by atoms with Gasteiger partial charge in [-0.25, -0.2) is 0 Å². The number of Topliss-reactive ketones (excluding diaryl/α,β-unsaturated/α-hetero) is 1. The first-order chi connectivity index (χ1) is 14.0. The van der Waals surface area contributed by atoms with Crippen LogP contribution in [0, 0.1) is 5.41 Å². The van der Waals surface area contributed by atoms with Crippen molar-refractivity contribution in [1.29, 1.82) is 0 Å². The number of ether oxygens (including phenoxy) is 3. The molecule has 1 unspecified atom stereocenters. The molecule has 0 saturated heterocycles. The molecule has 29 heavy (non-hydrogen) atoms. The van der Waals surface area contributed by atoms with E-state index in [0.29, 0.717) is 17.7 Å². The fourth-order valence-electron chi connectivity index (χ4n) is 4.06. The second-order valence-corrected chi connectivity index (χ2v) is 7.59. The first-order valence-electron chi connectivity index (χ1n) is 10.4. The largest absolute Gasteiger partial charge is 0.489 e. The summed E-state index contributed by atoms with van der Waals surface area (Å²) in [5.74, 6) is -0.241. The van der Waals surface area contributed by atoms with E-state index in [2.05, 4.69) is 6.92 Å². The number of methoxy groups -OCH3 is 2. The quantitative estimate of drug-likeness (QED) is 0.399. The van der Waals surface area contributed by atoms with Gasteiger partial charge in [0.05, 0.1) is 25.2 Å². The van der Waals surface area contributed by atoms with Crippen LogP contribution in [0.4, 0.5) is 0 Å². The zero-order valence-corrected chi connectivity index (χ0v) is 17.7. The zero-order chi connectivity index (χ0) is 21.3. The summed E-state index contributed by atoms with van der Waals surface area (Å²) in [4.78, 5) is 37.4. The summed E-state index contributed by atoms with van der Waals surface area (Å²) in [6.07, 6.45) is 5.27. The van der Waals surface area contributed by atoms with Crippen molar-refractivity contribution in [2.24, 2.45) is 5.41 Å². The lowest BCUT2D eigenvalue weighted by Crippen LogP contribution is -2.49. The predicted octanol–water partition coefficient (Wildman–Crippen LogP) is 4.49. The molecular weight excluding hydrogens is 372 g/mol. The molecule has 0 amide bonds. The summed E-state index contributed by atoms with van der Waals surface area (Å²) in [6.45, 7) is 2.15. The van der Waals surface area contributed by atoms with Crippen molar-refractivity contribution in [2.75, 3.05) is 14.2 Å². The Morgan fingerprint density at radius 3 is 2.21 bits per heavy atom. The maximum Gasteiger partial charge on any atom is 0.305 e. The SMILES string of the molecule is CCCCCCC1Oc2ccccc2C(=O)C1(CCC(=O)OC)CCC(=O)OC. The van der Waals surface area contributed by atoms with Crippen LogP contribution in [-0.4, -0.2) is 38.0 Å². The number of unbranched alkanes of at least 4 members (excludes halogenated alkanes) is 3. The van der Waals surface area contributed by atoms with E-state index >= 15 is 0 Å². The average Bonchev–Trinajstić information content (AvgIpc) is 2.75. The van der Waals surface area contributed by atoms with Gasteiger partial charge in [0.15, 0.2) is 5.78 Å². The minimum Gasteiger partial charge on any atom is -0.489 e. The molecule has 0 bridgehead atoms. The Hall–Kier alpha value is -2.37. The van der Waals surface area contributed by atoms with Gasteiger partial charge in [-0.3, -0.25) is 14.4 Å². The average molecular weight is 405 g/mol. The van der Waals surface area contributed by atoms with Crippen LogP contribution in [0.3, 0.4) is 0 Å². The van der Waals surface area contributed by atoms with Crippen molar-refractivity contribution in [2.45, 2.75) is 70.8 Å². The molecule has 1 aromatic carbocycles. The van der Waals surface area contributed by atoms with Crippen molar-refractivity contribution in [3.05, 3.63) is 29.8 Å². The van der Waals surface area contributed by atoms with E-state index in [1.807, 2.05) is 6.07 Å². The Labute approximate surface area is 172 Å². The van der Waals surface area contributed by atoms with Crippen LogP contribution in [0.5, 0.6) is 5.75 Å². The van der Waals surface area contributed by atoms with E-state index in [1.54, 1.807) is 18.2 Å². The highest BCUT2D eigenvalue weighted by Crippen LogP contribution is 2.47. The third-order valence-corrected chi connectivity index (χ3v) is 5.80. The molecule has 0 fully saturated rings. The molecule has 0 N–H and O–H groups in total. The third-order valence-electron chi connectivity index (χ3n) is 5.80. The topological polar surface area (TPSA) is 78.9 Å². The summed E-state index contributed by atoms with van der Waals surface area (Å²) >= 11 is 0. The number of rotatable bonds is 11. The van der Waals surface area contributed by atoms with Crippen molar-refractivity contribution < 1.29 is 28.6 Å². The van der Waals surface area contributed by atoms with E-state index < -0.39 is 11.5 Å². The molecule has 1 aliphatic rings. The molecule has 1 heterocycles. The molecule has 160 valence electrons. The molecule has 1 atom stereocenters. The highest BCUT2D eigenvalue weighted by atomic mass is 16.5. The maximum absolute atomic E-state index is 13.7. The first kappa shape index (κ1) is 22.9. The van der Waals surface area contributed by atoms with Crippen LogP contribution in [-0.2, 0) is 19.1 Å². The normalized spacial score (nSPS) is 17.2. The molecular formula is C23H32O6. The molecule has 6 nitrogen and oxygen atoms in total. The van der Waals surface area contributed by atoms with E-state index in [1.165, 1.54) is 14.2 Å². The molecule has 1 aromatic rings. The van der Waals surface area contributed by atoms with Crippen LogP contribution in [0.2, 0.25) is 0 Å². The summed E-state index contributed by atoms with van der Waals surface area (Å²) in [5, 5.41) is 0. The summed E-state index contributed by atoms with van der Waals surface area (Å²) < 4.78 is 15.9. The smallest absolute Gasteiger partial charge is 0.305 e. The van der Waals surface area contributed by atoms with Gasteiger partial charge in [0.2, 0.25) is 0 Å². The fourth-order valence-corrected chi connectivity index (χ4v) is 4.06. The highest BCUT2D eigenvalue weighted by Gasteiger charge is 2.50. The van der Waals surface area contributed by atoms with Crippen molar-refractivity contribution in [3.8, 4) is 5.75 Å². The Morgan fingerprint density at radius 1 is 1.00 bits per heavy atom. The lowest BCUT2D eigenvalue weighted by atomic mass is 9.66. The van der Waals surface area contributed by atoms with Gasteiger partial charge in [0.25, 0.3) is 0 Å². The first-order valence-corrected chi connectivity index (χ1v) is 10.4. The number of ketones is 1. The minimum atomic E-state index is -0.955. The third kappa shape index (κ3) is 5.58. The predicted molar refractivity (Wildman–Crippen MR) is 109 cm³/mol. The van der Waals surface area contributed by atoms with Crippen molar-refractivity contribution in [3.63, 3.8) is 0 Å². The molecule has 6 heteroatoms. The number of para-hydroxylation sites is 1. The van der Waals surface area contributed by atoms with Gasteiger partial charge in [-0.1, -0.05) is 38.3 Å². The second-order valence-electron chi connectivity index (χ2n) is 7.59. The van der Waals surface area contributed by atoms with Gasteiger partial charge >= 0.3 is 11.9 Å². The summed E-state index contributed by atoms with van der Waals surface area (Å²) in [7, 11) is 2.67. The molecule has 0 spiro atoms. The standard InChI is InChI=1S/C23H32O6/c1-4-5-6-7-12-19-23(15-13-20(24)27-2,16-14-21(25)28-3)22(26)17-10-8-9-11-18(17)29-19/h8-11,19H,4-7,12-16H2,1-3H3. The van der Waals surface area contributed by atoms with Gasteiger partial charge < -0.3 is 14.2 Å². The molecule has 0 saturated carbocycles. The Bertz CT molecular complexity index is 691. The number of carbonyl (C=O) groups is 3. The Kier molecular flexibility index (Phi) is 8.68. The van der Waals surface area contributed by atoms with Crippen LogP contribution in [0.1, 0.15) is 75.1 Å². The maximum atomic E-state index is 13.7. The lowest BCUT2D eigenvalue weighted by molar-refractivity contribution is -0.142. The number of benzene rings is 1. The monoisotopic (exact) mass is 404 g/mol.